The van der Waals surface area contributed by atoms with Crippen LogP contribution in [0.1, 0.15) is 25.8 Å². The molecule has 0 unspecified atom stereocenters. The first-order valence-electron chi connectivity index (χ1n) is 6.16. The number of fused-ring (bicyclic) bond motifs is 1. The number of nitrogens with zero attached hydrogens (tertiary/aromatic N) is 1. The molecule has 0 saturated heterocycles. The van der Waals surface area contributed by atoms with Crippen molar-refractivity contribution in [3.05, 3.63) is 58.1 Å². The van der Waals surface area contributed by atoms with Crippen molar-refractivity contribution in [1.82, 2.24) is 0 Å². The van der Waals surface area contributed by atoms with Crippen LogP contribution >= 0.6 is 0 Å². The Morgan fingerprint density at radius 1 is 1.17 bits per heavy atom. The summed E-state index contributed by atoms with van der Waals surface area (Å²) in [5.74, 6) is 0. The summed E-state index contributed by atoms with van der Waals surface area (Å²) in [6.07, 6.45) is 0.756. The van der Waals surface area contributed by atoms with Crippen LogP contribution in [0.25, 0.3) is 10.8 Å². The molecule has 2 aromatic rings. The van der Waals surface area contributed by atoms with Crippen LogP contribution in [0.3, 0.4) is 0 Å². The van der Waals surface area contributed by atoms with Crippen LogP contribution in [0.15, 0.2) is 42.5 Å². The molecule has 18 heavy (non-hydrogen) atoms. The van der Waals surface area contributed by atoms with E-state index in [1.54, 1.807) is 0 Å². The fourth-order valence-corrected chi connectivity index (χ4v) is 2.26. The fraction of sp³-hybridized carbons (Fsp3) is 0.333. The molecule has 2 rings (SSSR count). The monoisotopic (exact) mass is 243 g/mol. The molecule has 0 aliphatic heterocycles. The Bertz CT molecular complexity index is 579. The first-order chi connectivity index (χ1) is 8.55. The van der Waals surface area contributed by atoms with Gasteiger partial charge in [-0.2, -0.15) is 0 Å². The van der Waals surface area contributed by atoms with Gasteiger partial charge in [-0.1, -0.05) is 49.4 Å². The Morgan fingerprint density at radius 2 is 1.83 bits per heavy atom. The van der Waals surface area contributed by atoms with Gasteiger partial charge in [0.05, 0.1) is 5.41 Å². The maximum atomic E-state index is 10.8. The van der Waals surface area contributed by atoms with Crippen molar-refractivity contribution in [3.63, 3.8) is 0 Å². The van der Waals surface area contributed by atoms with Crippen molar-refractivity contribution < 1.29 is 4.92 Å². The summed E-state index contributed by atoms with van der Waals surface area (Å²) in [5, 5.41) is 13.1. The van der Waals surface area contributed by atoms with Gasteiger partial charge < -0.3 is 0 Å². The molecule has 0 heterocycles. The van der Waals surface area contributed by atoms with Gasteiger partial charge >= 0.3 is 0 Å². The SMILES string of the molecule is CC[C@@](C)(C[N+](=O)[O-])c1ccc2ccccc2c1. The van der Waals surface area contributed by atoms with Gasteiger partial charge in [-0.25, -0.2) is 0 Å². The highest BCUT2D eigenvalue weighted by Gasteiger charge is 2.30. The maximum Gasteiger partial charge on any atom is 0.213 e. The van der Waals surface area contributed by atoms with Gasteiger partial charge in [-0.05, 0) is 29.7 Å². The largest absolute Gasteiger partial charge is 0.265 e. The highest BCUT2D eigenvalue weighted by Crippen LogP contribution is 2.30. The Labute approximate surface area is 107 Å². The molecule has 0 bridgehead atoms. The smallest absolute Gasteiger partial charge is 0.213 e. The number of nitro groups is 1. The molecule has 0 fully saturated rings. The van der Waals surface area contributed by atoms with Gasteiger partial charge in [-0.15, -0.1) is 0 Å². The minimum atomic E-state index is -0.395. The van der Waals surface area contributed by atoms with E-state index in [1.807, 2.05) is 44.2 Å². The fourth-order valence-electron chi connectivity index (χ4n) is 2.26. The lowest BCUT2D eigenvalue weighted by Gasteiger charge is -2.24. The van der Waals surface area contributed by atoms with Crippen molar-refractivity contribution in [2.75, 3.05) is 6.54 Å². The molecule has 3 nitrogen and oxygen atoms in total. The minimum absolute atomic E-state index is 0.0260. The second kappa shape index (κ2) is 4.77. The summed E-state index contributed by atoms with van der Waals surface area (Å²) < 4.78 is 0. The van der Waals surface area contributed by atoms with E-state index in [-0.39, 0.29) is 11.5 Å². The number of benzene rings is 2. The van der Waals surface area contributed by atoms with Crippen LogP contribution < -0.4 is 0 Å². The predicted molar refractivity (Wildman–Crippen MR) is 73.5 cm³/mol. The zero-order chi connectivity index (χ0) is 13.2. The van der Waals surface area contributed by atoms with Crippen molar-refractivity contribution in [1.29, 1.82) is 0 Å². The first kappa shape index (κ1) is 12.6. The third kappa shape index (κ3) is 2.35. The van der Waals surface area contributed by atoms with Gasteiger partial charge in [0, 0.05) is 4.92 Å². The number of rotatable bonds is 4. The molecule has 2 aromatic carbocycles. The van der Waals surface area contributed by atoms with E-state index in [9.17, 15) is 10.1 Å². The minimum Gasteiger partial charge on any atom is -0.265 e. The van der Waals surface area contributed by atoms with E-state index >= 15 is 0 Å². The highest BCUT2D eigenvalue weighted by atomic mass is 16.6. The lowest BCUT2D eigenvalue weighted by atomic mass is 9.79. The number of hydrogen-bond acceptors (Lipinski definition) is 2. The average molecular weight is 243 g/mol. The van der Waals surface area contributed by atoms with Crippen LogP contribution in [0, 0.1) is 10.1 Å². The lowest BCUT2D eigenvalue weighted by Crippen LogP contribution is -2.30. The van der Waals surface area contributed by atoms with Crippen LogP contribution in [-0.2, 0) is 5.41 Å². The topological polar surface area (TPSA) is 43.1 Å². The Kier molecular flexibility index (Phi) is 3.32. The second-order valence-corrected chi connectivity index (χ2v) is 4.97. The van der Waals surface area contributed by atoms with Crippen LogP contribution in [0.5, 0.6) is 0 Å². The Balaban J connectivity index is 2.48. The molecular weight excluding hydrogens is 226 g/mol. The predicted octanol–water partition coefficient (Wildman–Crippen LogP) is 3.78. The molecular formula is C15H17NO2. The third-order valence-corrected chi connectivity index (χ3v) is 3.70. The summed E-state index contributed by atoms with van der Waals surface area (Å²) in [5.41, 5.74) is 0.647. The molecule has 3 heteroatoms. The van der Waals surface area contributed by atoms with Crippen molar-refractivity contribution in [2.24, 2.45) is 0 Å². The third-order valence-electron chi connectivity index (χ3n) is 3.70. The first-order valence-corrected chi connectivity index (χ1v) is 6.16. The van der Waals surface area contributed by atoms with Crippen LogP contribution in [-0.4, -0.2) is 11.5 Å². The molecule has 0 radical (unpaired) electrons. The summed E-state index contributed by atoms with van der Waals surface area (Å²) in [6, 6.07) is 14.2. The Hall–Kier alpha value is -1.90. The Morgan fingerprint density at radius 3 is 2.44 bits per heavy atom. The number of hydrogen-bond donors (Lipinski definition) is 0. The average Bonchev–Trinajstić information content (AvgIpc) is 2.37. The van der Waals surface area contributed by atoms with E-state index in [2.05, 4.69) is 12.1 Å². The van der Waals surface area contributed by atoms with E-state index in [1.165, 1.54) is 5.39 Å². The van der Waals surface area contributed by atoms with Crippen LogP contribution in [0.2, 0.25) is 0 Å². The van der Waals surface area contributed by atoms with E-state index < -0.39 is 5.41 Å². The summed E-state index contributed by atoms with van der Waals surface area (Å²) in [7, 11) is 0. The van der Waals surface area contributed by atoms with Crippen molar-refractivity contribution in [3.8, 4) is 0 Å². The van der Waals surface area contributed by atoms with Gasteiger partial charge in [0.1, 0.15) is 0 Å². The zero-order valence-corrected chi connectivity index (χ0v) is 10.7. The second-order valence-electron chi connectivity index (χ2n) is 4.97. The maximum absolute atomic E-state index is 10.8. The molecule has 0 amide bonds. The molecule has 94 valence electrons. The highest BCUT2D eigenvalue weighted by molar-refractivity contribution is 5.83. The molecule has 0 saturated carbocycles. The molecule has 0 aliphatic carbocycles. The molecule has 0 spiro atoms. The van der Waals surface area contributed by atoms with Gasteiger partial charge in [0.25, 0.3) is 0 Å². The summed E-state index contributed by atoms with van der Waals surface area (Å²) in [4.78, 5) is 10.6. The summed E-state index contributed by atoms with van der Waals surface area (Å²) >= 11 is 0. The molecule has 0 aliphatic rings. The molecule has 0 N–H and O–H groups in total. The normalized spacial score (nSPS) is 14.3. The molecule has 1 atom stereocenters. The lowest BCUT2D eigenvalue weighted by molar-refractivity contribution is -0.490. The van der Waals surface area contributed by atoms with Gasteiger partial charge in [0.2, 0.25) is 6.54 Å². The quantitative estimate of drug-likeness (QED) is 0.605. The van der Waals surface area contributed by atoms with Gasteiger partial charge in [0.15, 0.2) is 0 Å². The van der Waals surface area contributed by atoms with Crippen LogP contribution in [0.4, 0.5) is 0 Å². The van der Waals surface area contributed by atoms with E-state index in [4.69, 9.17) is 0 Å². The zero-order valence-electron chi connectivity index (χ0n) is 10.7. The van der Waals surface area contributed by atoms with E-state index in [0.717, 1.165) is 17.4 Å². The summed E-state index contributed by atoms with van der Waals surface area (Å²) in [6.45, 7) is 3.93. The molecule has 0 aromatic heterocycles. The van der Waals surface area contributed by atoms with E-state index in [0.29, 0.717) is 0 Å². The standard InChI is InChI=1S/C15H17NO2/c1-3-15(2,11-16(17)18)14-9-8-12-6-4-5-7-13(12)10-14/h4-10H,3,11H2,1-2H3/t15-/m0/s1. The van der Waals surface area contributed by atoms with Gasteiger partial charge in [-0.3, -0.25) is 10.1 Å². The van der Waals surface area contributed by atoms with Crippen molar-refractivity contribution in [2.45, 2.75) is 25.7 Å². The van der Waals surface area contributed by atoms with Crippen molar-refractivity contribution >= 4 is 10.8 Å².